The molecule has 0 aliphatic heterocycles. The Labute approximate surface area is 164 Å². The number of rotatable bonds is 6. The van der Waals surface area contributed by atoms with E-state index in [0.717, 1.165) is 32.6 Å². The zero-order valence-corrected chi connectivity index (χ0v) is 16.1. The fourth-order valence-electron chi connectivity index (χ4n) is 2.85. The van der Waals surface area contributed by atoms with Crippen molar-refractivity contribution in [3.05, 3.63) is 53.2 Å². The number of carbonyl (C=O) groups is 1. The first kappa shape index (κ1) is 17.6. The van der Waals surface area contributed by atoms with Gasteiger partial charge in [0.05, 0.1) is 11.8 Å². The summed E-state index contributed by atoms with van der Waals surface area (Å²) in [4.78, 5) is 15.5. The number of ether oxygens (including phenoxy) is 1. The number of anilines is 1. The topological polar surface area (TPSA) is 79.0 Å². The molecule has 1 amide bonds. The average Bonchev–Trinajstić information content (AvgIpc) is 3.28. The van der Waals surface area contributed by atoms with Crippen molar-refractivity contribution in [3.63, 3.8) is 0 Å². The second-order valence-electron chi connectivity index (χ2n) is 5.99. The minimum atomic E-state index is -0.154. The Hall–Kier alpha value is -2.77. The summed E-state index contributed by atoms with van der Waals surface area (Å²) in [6, 6.07) is 13.1. The fraction of sp³-hybridized carbons (Fsp3) is 0.158. The van der Waals surface area contributed by atoms with Gasteiger partial charge in [0, 0.05) is 34.4 Å². The summed E-state index contributed by atoms with van der Waals surface area (Å²) >= 11 is 7.47. The van der Waals surface area contributed by atoms with Crippen LogP contribution in [0.1, 0.15) is 10.5 Å². The lowest BCUT2D eigenvalue weighted by atomic mass is 10.2. The number of halogens is 1. The highest BCUT2D eigenvalue weighted by molar-refractivity contribution is 7.13. The summed E-state index contributed by atoms with van der Waals surface area (Å²) in [5.74, 6) is 1.39. The lowest BCUT2D eigenvalue weighted by Crippen LogP contribution is -2.29. The first-order valence-corrected chi connectivity index (χ1v) is 9.53. The van der Waals surface area contributed by atoms with Gasteiger partial charge in [0.2, 0.25) is 0 Å². The number of hydrogen-bond donors (Lipinski definition) is 3. The quantitative estimate of drug-likeness (QED) is 0.422. The van der Waals surface area contributed by atoms with E-state index in [1.807, 2.05) is 42.5 Å². The highest BCUT2D eigenvalue weighted by Crippen LogP contribution is 2.29. The molecule has 0 bridgehead atoms. The van der Waals surface area contributed by atoms with Crippen LogP contribution in [0.4, 0.5) is 5.82 Å². The smallest absolute Gasteiger partial charge is 0.267 e. The van der Waals surface area contributed by atoms with Gasteiger partial charge < -0.3 is 20.4 Å². The number of H-pyrrole nitrogens is 1. The molecule has 8 heteroatoms. The largest absolute Gasteiger partial charge is 0.497 e. The molecule has 0 aliphatic carbocycles. The number of nitrogens with one attached hydrogen (secondary N) is 3. The minimum Gasteiger partial charge on any atom is -0.497 e. The maximum absolute atomic E-state index is 12.4. The maximum Gasteiger partial charge on any atom is 0.267 e. The molecule has 4 rings (SSSR count). The first-order chi connectivity index (χ1) is 13.1. The van der Waals surface area contributed by atoms with Gasteiger partial charge in [-0.15, -0.1) is 0 Å². The highest BCUT2D eigenvalue weighted by Gasteiger charge is 2.10. The standard InChI is InChI=1S/C19H17ClN4O2S/c1-26-13-3-4-15-11(8-13)9-16(23-15)19(25)22-7-6-21-18-14-10-12(20)2-5-17(14)27-24-18/h2-5,8-10,23H,6-7H2,1H3,(H,21,24)(H,22,25). The number of carbonyl (C=O) groups excluding carboxylic acids is 1. The van der Waals surface area contributed by atoms with E-state index in [9.17, 15) is 4.79 Å². The van der Waals surface area contributed by atoms with Crippen LogP contribution in [0.3, 0.4) is 0 Å². The molecule has 3 N–H and O–H groups in total. The van der Waals surface area contributed by atoms with Gasteiger partial charge in [-0.05, 0) is 54.0 Å². The molecule has 138 valence electrons. The van der Waals surface area contributed by atoms with Crippen LogP contribution in [0.25, 0.3) is 21.0 Å². The van der Waals surface area contributed by atoms with Crippen LogP contribution >= 0.6 is 23.1 Å². The van der Waals surface area contributed by atoms with E-state index in [1.165, 1.54) is 11.5 Å². The zero-order valence-electron chi connectivity index (χ0n) is 14.5. The van der Waals surface area contributed by atoms with Gasteiger partial charge in [-0.2, -0.15) is 4.37 Å². The summed E-state index contributed by atoms with van der Waals surface area (Å²) in [5, 5.41) is 8.74. The van der Waals surface area contributed by atoms with E-state index in [4.69, 9.17) is 16.3 Å². The lowest BCUT2D eigenvalue weighted by Gasteiger charge is -2.05. The lowest BCUT2D eigenvalue weighted by molar-refractivity contribution is 0.0951. The van der Waals surface area contributed by atoms with Crippen molar-refractivity contribution in [2.24, 2.45) is 0 Å². The Kier molecular flexibility index (Phi) is 4.87. The van der Waals surface area contributed by atoms with Crippen molar-refractivity contribution in [1.82, 2.24) is 14.7 Å². The van der Waals surface area contributed by atoms with E-state index in [2.05, 4.69) is 20.0 Å². The van der Waals surface area contributed by atoms with E-state index >= 15 is 0 Å². The van der Waals surface area contributed by atoms with Crippen molar-refractivity contribution >= 4 is 55.8 Å². The zero-order chi connectivity index (χ0) is 18.8. The molecule has 27 heavy (non-hydrogen) atoms. The third-order valence-corrected chi connectivity index (χ3v) is 5.27. The Balaban J connectivity index is 1.36. The van der Waals surface area contributed by atoms with Gasteiger partial charge in [-0.1, -0.05) is 11.6 Å². The number of amides is 1. The van der Waals surface area contributed by atoms with E-state index in [-0.39, 0.29) is 5.91 Å². The van der Waals surface area contributed by atoms with E-state index < -0.39 is 0 Å². The summed E-state index contributed by atoms with van der Waals surface area (Å²) in [7, 11) is 1.62. The molecule has 6 nitrogen and oxygen atoms in total. The molecule has 0 saturated heterocycles. The second kappa shape index (κ2) is 7.46. The van der Waals surface area contributed by atoms with Crippen molar-refractivity contribution in [3.8, 4) is 5.75 Å². The van der Waals surface area contributed by atoms with E-state index in [1.54, 1.807) is 7.11 Å². The number of fused-ring (bicyclic) bond motifs is 2. The third kappa shape index (κ3) is 3.70. The van der Waals surface area contributed by atoms with Crippen molar-refractivity contribution in [2.45, 2.75) is 0 Å². The molecular weight excluding hydrogens is 384 g/mol. The Morgan fingerprint density at radius 2 is 2.11 bits per heavy atom. The number of aromatic nitrogens is 2. The van der Waals surface area contributed by atoms with Crippen LogP contribution in [0.15, 0.2) is 42.5 Å². The summed E-state index contributed by atoms with van der Waals surface area (Å²) in [5.41, 5.74) is 1.41. The number of methoxy groups -OCH3 is 1. The Bertz CT molecular complexity index is 1120. The van der Waals surface area contributed by atoms with Gasteiger partial charge in [-0.25, -0.2) is 0 Å². The number of hydrogen-bond acceptors (Lipinski definition) is 5. The SMILES string of the molecule is COc1ccc2[nH]c(C(=O)NCCNc3nsc4ccc(Cl)cc34)cc2c1. The van der Waals surface area contributed by atoms with Gasteiger partial charge in [0.15, 0.2) is 0 Å². The van der Waals surface area contributed by atoms with Crippen molar-refractivity contribution in [1.29, 1.82) is 0 Å². The average molecular weight is 401 g/mol. The first-order valence-electron chi connectivity index (χ1n) is 8.38. The summed E-state index contributed by atoms with van der Waals surface area (Å²) in [6.45, 7) is 1.03. The maximum atomic E-state index is 12.4. The molecular formula is C19H17ClN4O2S. The van der Waals surface area contributed by atoms with Crippen molar-refractivity contribution in [2.75, 3.05) is 25.5 Å². The van der Waals surface area contributed by atoms with Crippen LogP contribution in [-0.4, -0.2) is 35.5 Å². The number of aromatic amines is 1. The molecule has 2 aromatic carbocycles. The molecule has 2 aromatic heterocycles. The van der Waals surface area contributed by atoms with Crippen LogP contribution in [0.2, 0.25) is 5.02 Å². The molecule has 4 aromatic rings. The van der Waals surface area contributed by atoms with Crippen molar-refractivity contribution < 1.29 is 9.53 Å². The normalized spacial score (nSPS) is 11.0. The molecule has 0 atom stereocenters. The Morgan fingerprint density at radius 3 is 2.96 bits per heavy atom. The van der Waals surface area contributed by atoms with E-state index in [0.29, 0.717) is 23.8 Å². The van der Waals surface area contributed by atoms with Gasteiger partial charge in [-0.3, -0.25) is 4.79 Å². The number of benzene rings is 2. The molecule has 0 unspecified atom stereocenters. The molecule has 0 fully saturated rings. The monoisotopic (exact) mass is 400 g/mol. The van der Waals surface area contributed by atoms with Crippen LogP contribution < -0.4 is 15.4 Å². The third-order valence-electron chi connectivity index (χ3n) is 4.21. The second-order valence-corrected chi connectivity index (χ2v) is 7.23. The number of nitrogens with zero attached hydrogens (tertiary/aromatic N) is 1. The van der Waals surface area contributed by atoms with Crippen LogP contribution in [-0.2, 0) is 0 Å². The molecule has 2 heterocycles. The fourth-order valence-corrected chi connectivity index (χ4v) is 3.76. The molecule has 0 saturated carbocycles. The summed E-state index contributed by atoms with van der Waals surface area (Å²) < 4.78 is 10.7. The molecule has 0 radical (unpaired) electrons. The molecule has 0 spiro atoms. The van der Waals surface area contributed by atoms with Crippen LogP contribution in [0, 0.1) is 0 Å². The summed E-state index contributed by atoms with van der Waals surface area (Å²) in [6.07, 6.45) is 0. The highest BCUT2D eigenvalue weighted by atomic mass is 35.5. The Morgan fingerprint density at radius 1 is 1.22 bits per heavy atom. The van der Waals surface area contributed by atoms with Crippen LogP contribution in [0.5, 0.6) is 5.75 Å². The van der Waals surface area contributed by atoms with Gasteiger partial charge in [0.1, 0.15) is 17.3 Å². The minimum absolute atomic E-state index is 0.154. The van der Waals surface area contributed by atoms with Gasteiger partial charge in [0.25, 0.3) is 5.91 Å². The predicted molar refractivity (Wildman–Crippen MR) is 110 cm³/mol. The molecule has 0 aliphatic rings. The van der Waals surface area contributed by atoms with Gasteiger partial charge >= 0.3 is 0 Å². The predicted octanol–water partition coefficient (Wildman–Crippen LogP) is 4.28.